The summed E-state index contributed by atoms with van der Waals surface area (Å²) in [6.45, 7) is 2.01. The van der Waals surface area contributed by atoms with E-state index in [0.29, 0.717) is 44.8 Å². The van der Waals surface area contributed by atoms with Gasteiger partial charge in [0.05, 0.1) is 38.4 Å². The topological polar surface area (TPSA) is 100 Å². The van der Waals surface area contributed by atoms with Crippen LogP contribution in [0.5, 0.6) is 0 Å². The molecule has 2 saturated heterocycles. The Morgan fingerprint density at radius 1 is 1.18 bits per heavy atom. The Morgan fingerprint density at radius 2 is 1.89 bits per heavy atom. The fourth-order valence-corrected chi connectivity index (χ4v) is 3.45. The van der Waals surface area contributed by atoms with Gasteiger partial charge >= 0.3 is 6.03 Å². The maximum atomic E-state index is 12.9. The number of amides is 3. The third-order valence-electron chi connectivity index (χ3n) is 4.98. The van der Waals surface area contributed by atoms with E-state index in [0.717, 1.165) is 0 Å². The van der Waals surface area contributed by atoms with Crippen LogP contribution in [0.1, 0.15) is 19.3 Å². The summed E-state index contributed by atoms with van der Waals surface area (Å²) in [6.07, 6.45) is 0.572. The lowest BCUT2D eigenvalue weighted by molar-refractivity contribution is -0.143. The minimum absolute atomic E-state index is 0.0189. The van der Waals surface area contributed by atoms with Crippen LogP contribution in [0.3, 0.4) is 0 Å². The van der Waals surface area contributed by atoms with Gasteiger partial charge in [-0.1, -0.05) is 0 Å². The Balaban J connectivity index is 1.47. The van der Waals surface area contributed by atoms with Crippen LogP contribution in [0.25, 0.3) is 0 Å². The summed E-state index contributed by atoms with van der Waals surface area (Å²) in [4.78, 5) is 26.3. The maximum Gasteiger partial charge on any atom is 0.319 e. The van der Waals surface area contributed by atoms with Gasteiger partial charge in [-0.15, -0.1) is 0 Å². The molecule has 3 amide bonds. The first-order valence-electron chi connectivity index (χ1n) is 9.50. The van der Waals surface area contributed by atoms with Crippen molar-refractivity contribution in [3.63, 3.8) is 0 Å². The molecule has 2 heterocycles. The highest BCUT2D eigenvalue weighted by Crippen LogP contribution is 2.23. The van der Waals surface area contributed by atoms with E-state index in [1.54, 1.807) is 4.90 Å². The highest BCUT2D eigenvalue weighted by atomic mass is 19.1. The first kappa shape index (κ1) is 20.5. The Kier molecular flexibility index (Phi) is 7.18. The van der Waals surface area contributed by atoms with Crippen LogP contribution >= 0.6 is 0 Å². The van der Waals surface area contributed by atoms with Crippen LogP contribution in [0.4, 0.5) is 14.9 Å². The van der Waals surface area contributed by atoms with E-state index in [2.05, 4.69) is 10.6 Å². The summed E-state index contributed by atoms with van der Waals surface area (Å²) in [5, 5.41) is 15.0. The third kappa shape index (κ3) is 5.63. The molecular weight excluding hydrogens is 369 g/mol. The highest BCUT2D eigenvalue weighted by Gasteiger charge is 2.33. The van der Waals surface area contributed by atoms with Crippen LogP contribution in [-0.4, -0.2) is 73.1 Å². The molecule has 0 saturated carbocycles. The number of nitrogens with zero attached hydrogens (tertiary/aromatic N) is 1. The fourth-order valence-electron chi connectivity index (χ4n) is 3.45. The third-order valence-corrected chi connectivity index (χ3v) is 4.98. The number of aliphatic hydroxyl groups excluding tert-OH is 1. The molecule has 2 aliphatic heterocycles. The van der Waals surface area contributed by atoms with E-state index in [4.69, 9.17) is 9.47 Å². The van der Waals surface area contributed by atoms with Crippen molar-refractivity contribution < 1.29 is 28.6 Å². The standard InChI is InChI=1S/C19H26FN3O5/c20-13-1-3-14(4-2-13)21-19(26)22-16-6-5-15(28-17(16)12-24)11-18(25)23-7-9-27-10-8-23/h1-4,15-17,24H,5-12H2,(H2,21,22,26)/t15-,16-,17+/m0/s1. The van der Waals surface area contributed by atoms with E-state index >= 15 is 0 Å². The number of ether oxygens (including phenoxy) is 2. The summed E-state index contributed by atoms with van der Waals surface area (Å²) >= 11 is 0. The zero-order chi connectivity index (χ0) is 19.9. The van der Waals surface area contributed by atoms with Crippen molar-refractivity contribution >= 4 is 17.6 Å². The van der Waals surface area contributed by atoms with Crippen molar-refractivity contribution in [3.05, 3.63) is 30.1 Å². The molecule has 1 aromatic carbocycles. The number of carbonyl (C=O) groups is 2. The Labute approximate surface area is 163 Å². The molecule has 2 aliphatic rings. The number of rotatable bonds is 5. The highest BCUT2D eigenvalue weighted by molar-refractivity contribution is 5.89. The lowest BCUT2D eigenvalue weighted by atomic mass is 9.97. The van der Waals surface area contributed by atoms with Crippen molar-refractivity contribution in [1.29, 1.82) is 0 Å². The largest absolute Gasteiger partial charge is 0.394 e. The van der Waals surface area contributed by atoms with Crippen molar-refractivity contribution in [2.75, 3.05) is 38.2 Å². The van der Waals surface area contributed by atoms with Crippen LogP contribution in [0.2, 0.25) is 0 Å². The molecular formula is C19H26FN3O5. The molecule has 8 nitrogen and oxygen atoms in total. The molecule has 154 valence electrons. The lowest BCUT2D eigenvalue weighted by Crippen LogP contribution is -2.52. The first-order valence-corrected chi connectivity index (χ1v) is 9.50. The molecule has 3 rings (SSSR count). The average Bonchev–Trinajstić information content (AvgIpc) is 2.71. The molecule has 9 heteroatoms. The van der Waals surface area contributed by atoms with Gasteiger partial charge in [0, 0.05) is 18.8 Å². The molecule has 28 heavy (non-hydrogen) atoms. The Bertz CT molecular complexity index is 666. The molecule has 0 radical (unpaired) electrons. The molecule has 3 atom stereocenters. The number of nitrogens with one attached hydrogen (secondary N) is 2. The molecule has 0 aliphatic carbocycles. The van der Waals surface area contributed by atoms with Gasteiger partial charge in [0.2, 0.25) is 5.91 Å². The number of benzene rings is 1. The van der Waals surface area contributed by atoms with Crippen molar-refractivity contribution in [1.82, 2.24) is 10.2 Å². The second-order valence-corrected chi connectivity index (χ2v) is 6.97. The Morgan fingerprint density at radius 3 is 2.57 bits per heavy atom. The minimum Gasteiger partial charge on any atom is -0.394 e. The van der Waals surface area contributed by atoms with Crippen LogP contribution < -0.4 is 10.6 Å². The fraction of sp³-hybridized carbons (Fsp3) is 0.579. The van der Waals surface area contributed by atoms with Crippen LogP contribution in [-0.2, 0) is 14.3 Å². The quantitative estimate of drug-likeness (QED) is 0.693. The van der Waals surface area contributed by atoms with Crippen molar-refractivity contribution in [2.24, 2.45) is 0 Å². The second-order valence-electron chi connectivity index (χ2n) is 6.97. The number of hydrogen-bond donors (Lipinski definition) is 3. The Hall–Kier alpha value is -2.23. The summed E-state index contributed by atoms with van der Waals surface area (Å²) in [7, 11) is 0. The molecule has 0 bridgehead atoms. The van der Waals surface area contributed by atoms with Crippen molar-refractivity contribution in [3.8, 4) is 0 Å². The van der Waals surface area contributed by atoms with E-state index in [1.807, 2.05) is 0 Å². The zero-order valence-electron chi connectivity index (χ0n) is 15.6. The summed E-state index contributed by atoms with van der Waals surface area (Å²) in [5.74, 6) is -0.366. The number of hydrogen-bond acceptors (Lipinski definition) is 5. The molecule has 3 N–H and O–H groups in total. The predicted octanol–water partition coefficient (Wildman–Crippen LogP) is 1.10. The molecule has 0 unspecified atom stereocenters. The first-order chi connectivity index (χ1) is 13.5. The van der Waals surface area contributed by atoms with Gasteiger partial charge in [-0.2, -0.15) is 0 Å². The van der Waals surface area contributed by atoms with Crippen LogP contribution in [0, 0.1) is 5.82 Å². The smallest absolute Gasteiger partial charge is 0.319 e. The van der Waals surface area contributed by atoms with Gasteiger partial charge in [-0.3, -0.25) is 4.79 Å². The number of morpholine rings is 1. The van der Waals surface area contributed by atoms with Gasteiger partial charge in [-0.05, 0) is 37.1 Å². The van der Waals surface area contributed by atoms with E-state index in [-0.39, 0.29) is 36.9 Å². The van der Waals surface area contributed by atoms with E-state index in [9.17, 15) is 19.1 Å². The van der Waals surface area contributed by atoms with Crippen LogP contribution in [0.15, 0.2) is 24.3 Å². The minimum atomic E-state index is -0.588. The molecule has 0 aromatic heterocycles. The monoisotopic (exact) mass is 395 g/mol. The number of carbonyl (C=O) groups excluding carboxylic acids is 2. The van der Waals surface area contributed by atoms with Gasteiger partial charge in [0.25, 0.3) is 0 Å². The summed E-state index contributed by atoms with van der Waals surface area (Å²) in [5.41, 5.74) is 0.463. The van der Waals surface area contributed by atoms with Gasteiger partial charge < -0.3 is 30.1 Å². The lowest BCUT2D eigenvalue weighted by Gasteiger charge is -2.37. The van der Waals surface area contributed by atoms with E-state index < -0.39 is 12.1 Å². The summed E-state index contributed by atoms with van der Waals surface area (Å²) in [6, 6.07) is 4.60. The zero-order valence-corrected chi connectivity index (χ0v) is 15.6. The molecule has 2 fully saturated rings. The number of aliphatic hydroxyl groups is 1. The predicted molar refractivity (Wildman–Crippen MR) is 99.3 cm³/mol. The molecule has 1 aromatic rings. The van der Waals surface area contributed by atoms with Crippen molar-refractivity contribution in [2.45, 2.75) is 37.5 Å². The number of halogens is 1. The normalized spacial score (nSPS) is 25.2. The van der Waals surface area contributed by atoms with Gasteiger partial charge in [-0.25, -0.2) is 9.18 Å². The maximum absolute atomic E-state index is 12.9. The second kappa shape index (κ2) is 9.81. The number of anilines is 1. The van der Waals surface area contributed by atoms with Gasteiger partial charge in [0.1, 0.15) is 11.9 Å². The van der Waals surface area contributed by atoms with Gasteiger partial charge in [0.15, 0.2) is 0 Å². The average molecular weight is 395 g/mol. The molecule has 0 spiro atoms. The summed E-state index contributed by atoms with van der Waals surface area (Å²) < 4.78 is 24.0. The SMILES string of the molecule is O=C(Nc1ccc(F)cc1)N[C@H]1CC[C@@H](CC(=O)N2CCOCC2)O[C@@H]1CO. The van der Waals surface area contributed by atoms with E-state index in [1.165, 1.54) is 24.3 Å². The number of urea groups is 1.